The lowest BCUT2D eigenvalue weighted by atomic mass is 9.92. The van der Waals surface area contributed by atoms with E-state index in [1.165, 1.54) is 17.4 Å². The van der Waals surface area contributed by atoms with Crippen LogP contribution >= 0.6 is 11.3 Å². The zero-order chi connectivity index (χ0) is 16.0. The second kappa shape index (κ2) is 5.87. The highest BCUT2D eigenvalue weighted by molar-refractivity contribution is 7.21. The second-order valence-corrected chi connectivity index (χ2v) is 7.77. The summed E-state index contributed by atoms with van der Waals surface area (Å²) in [6, 6.07) is 5.07. The summed E-state index contributed by atoms with van der Waals surface area (Å²) < 4.78 is 14.9. The number of nitrogens with one attached hydrogen (secondary N) is 1. The molecule has 23 heavy (non-hydrogen) atoms. The molecule has 5 heteroatoms. The van der Waals surface area contributed by atoms with Crippen molar-refractivity contribution in [3.63, 3.8) is 0 Å². The number of nitrogens with zero attached hydrogens (tertiary/aromatic N) is 1. The third kappa shape index (κ3) is 2.56. The molecule has 2 aromatic rings. The molecule has 3 nitrogen and oxygen atoms in total. The van der Waals surface area contributed by atoms with E-state index >= 15 is 0 Å². The van der Waals surface area contributed by atoms with Crippen LogP contribution in [0.15, 0.2) is 18.2 Å². The van der Waals surface area contributed by atoms with Gasteiger partial charge < -0.3 is 10.2 Å². The van der Waals surface area contributed by atoms with Gasteiger partial charge in [0.05, 0.1) is 4.88 Å². The first kappa shape index (κ1) is 15.1. The number of halogens is 1. The normalized spacial score (nSPS) is 24.7. The molecular weight excluding hydrogens is 311 g/mol. The molecule has 1 aromatic carbocycles. The van der Waals surface area contributed by atoms with Crippen LogP contribution in [0.4, 0.5) is 4.39 Å². The highest BCUT2D eigenvalue weighted by Gasteiger charge is 2.32. The minimum absolute atomic E-state index is 0.0797. The first-order valence-electron chi connectivity index (χ1n) is 8.32. The Hall–Kier alpha value is -1.46. The number of thiophene rings is 1. The van der Waals surface area contributed by atoms with Gasteiger partial charge in [-0.1, -0.05) is 6.07 Å². The lowest BCUT2D eigenvalue weighted by molar-refractivity contribution is 0.0763. The minimum atomic E-state index is -0.230. The monoisotopic (exact) mass is 332 g/mol. The van der Waals surface area contributed by atoms with Crippen molar-refractivity contribution in [2.45, 2.75) is 19.8 Å². The molecule has 1 aromatic heterocycles. The van der Waals surface area contributed by atoms with E-state index in [1.54, 1.807) is 6.07 Å². The van der Waals surface area contributed by atoms with Crippen molar-refractivity contribution in [2.75, 3.05) is 26.2 Å². The van der Waals surface area contributed by atoms with E-state index in [0.717, 1.165) is 49.3 Å². The van der Waals surface area contributed by atoms with Crippen molar-refractivity contribution in [1.29, 1.82) is 0 Å². The summed E-state index contributed by atoms with van der Waals surface area (Å²) in [5.74, 6) is 1.25. The summed E-state index contributed by atoms with van der Waals surface area (Å²) in [5, 5.41) is 4.07. The van der Waals surface area contributed by atoms with E-state index in [2.05, 4.69) is 5.32 Å². The van der Waals surface area contributed by atoms with Crippen LogP contribution in [0.5, 0.6) is 0 Å². The third-order valence-electron chi connectivity index (χ3n) is 5.40. The van der Waals surface area contributed by atoms with E-state index in [4.69, 9.17) is 0 Å². The first-order chi connectivity index (χ1) is 11.1. The van der Waals surface area contributed by atoms with Gasteiger partial charge in [-0.2, -0.15) is 0 Å². The summed E-state index contributed by atoms with van der Waals surface area (Å²) in [6.07, 6.45) is 2.14. The molecule has 3 heterocycles. The van der Waals surface area contributed by atoms with E-state index in [-0.39, 0.29) is 11.7 Å². The molecule has 1 amide bonds. The van der Waals surface area contributed by atoms with Crippen LogP contribution in [0.2, 0.25) is 0 Å². The largest absolute Gasteiger partial charge is 0.338 e. The molecular formula is C18H21FN2OS. The number of amides is 1. The number of carbonyl (C=O) groups is 1. The number of hydrogen-bond donors (Lipinski definition) is 1. The van der Waals surface area contributed by atoms with Gasteiger partial charge in [-0.05, 0) is 62.4 Å². The fourth-order valence-corrected chi connectivity index (χ4v) is 5.21. The zero-order valence-corrected chi connectivity index (χ0v) is 14.1. The third-order valence-corrected chi connectivity index (χ3v) is 6.65. The molecule has 4 rings (SSSR count). The van der Waals surface area contributed by atoms with Crippen LogP contribution in [0, 0.1) is 24.6 Å². The molecule has 0 saturated carbocycles. The molecule has 2 aliphatic rings. The number of carbonyl (C=O) groups excluding carboxylic acids is 1. The van der Waals surface area contributed by atoms with Crippen LogP contribution < -0.4 is 5.32 Å². The Morgan fingerprint density at radius 2 is 1.96 bits per heavy atom. The molecule has 0 spiro atoms. The number of fused-ring (bicyclic) bond motifs is 2. The Labute approximate surface area is 139 Å². The molecule has 0 bridgehead atoms. The average Bonchev–Trinajstić information content (AvgIpc) is 3.07. The molecule has 2 fully saturated rings. The Bertz CT molecular complexity index is 743. The predicted octanol–water partition coefficient (Wildman–Crippen LogP) is 3.42. The fourth-order valence-electron chi connectivity index (χ4n) is 4.02. The van der Waals surface area contributed by atoms with Crippen LogP contribution in [0.3, 0.4) is 0 Å². The quantitative estimate of drug-likeness (QED) is 0.868. The molecule has 2 aliphatic heterocycles. The van der Waals surface area contributed by atoms with Gasteiger partial charge in [0.25, 0.3) is 5.91 Å². The topological polar surface area (TPSA) is 32.3 Å². The van der Waals surface area contributed by atoms with Crippen LogP contribution in [-0.4, -0.2) is 37.0 Å². The number of benzene rings is 1. The van der Waals surface area contributed by atoms with E-state index in [9.17, 15) is 9.18 Å². The maximum Gasteiger partial charge on any atom is 0.264 e. The van der Waals surface area contributed by atoms with Gasteiger partial charge in [0.15, 0.2) is 0 Å². The minimum Gasteiger partial charge on any atom is -0.338 e. The number of hydrogen-bond acceptors (Lipinski definition) is 3. The average molecular weight is 332 g/mol. The van der Waals surface area contributed by atoms with Crippen molar-refractivity contribution in [3.05, 3.63) is 34.5 Å². The van der Waals surface area contributed by atoms with Gasteiger partial charge in [-0.3, -0.25) is 4.79 Å². The maximum atomic E-state index is 14.1. The molecule has 1 N–H and O–H groups in total. The van der Waals surface area contributed by atoms with Crippen LogP contribution in [-0.2, 0) is 0 Å². The summed E-state index contributed by atoms with van der Waals surface area (Å²) in [7, 11) is 0. The Kier molecular flexibility index (Phi) is 3.85. The summed E-state index contributed by atoms with van der Waals surface area (Å²) in [4.78, 5) is 15.7. The van der Waals surface area contributed by atoms with E-state index in [1.807, 2.05) is 17.9 Å². The smallest absolute Gasteiger partial charge is 0.264 e. The zero-order valence-electron chi connectivity index (χ0n) is 13.3. The molecule has 2 atom stereocenters. The molecule has 0 radical (unpaired) electrons. The van der Waals surface area contributed by atoms with Gasteiger partial charge in [0.2, 0.25) is 0 Å². The Balaban J connectivity index is 1.62. The second-order valence-electron chi connectivity index (χ2n) is 6.72. The lowest BCUT2D eigenvalue weighted by Gasteiger charge is -2.20. The van der Waals surface area contributed by atoms with E-state index in [0.29, 0.717) is 22.1 Å². The van der Waals surface area contributed by atoms with Gasteiger partial charge in [0, 0.05) is 23.2 Å². The van der Waals surface area contributed by atoms with Gasteiger partial charge in [-0.15, -0.1) is 11.3 Å². The summed E-state index contributed by atoms with van der Waals surface area (Å²) >= 11 is 1.42. The van der Waals surface area contributed by atoms with Crippen molar-refractivity contribution < 1.29 is 9.18 Å². The van der Waals surface area contributed by atoms with Crippen molar-refractivity contribution in [2.24, 2.45) is 11.8 Å². The number of aryl methyl sites for hydroxylation is 1. The Morgan fingerprint density at radius 1 is 1.26 bits per heavy atom. The van der Waals surface area contributed by atoms with Crippen molar-refractivity contribution in [1.82, 2.24) is 10.2 Å². The van der Waals surface area contributed by atoms with Crippen molar-refractivity contribution in [3.8, 4) is 0 Å². The SMILES string of the molecule is Cc1c(C(=O)N2CC[C@@H]3CNC[C@@H]3CC2)sc2cccc(F)c12. The van der Waals surface area contributed by atoms with Crippen molar-refractivity contribution >= 4 is 27.3 Å². The standard InChI is InChI=1S/C18H21FN2OS/c1-11-16-14(19)3-2-4-15(16)23-17(11)18(22)21-7-5-12-9-20-10-13(12)6-8-21/h2-4,12-13,20H,5-10H2,1H3/t12-,13+. The predicted molar refractivity (Wildman–Crippen MR) is 91.5 cm³/mol. The van der Waals surface area contributed by atoms with Gasteiger partial charge in [-0.25, -0.2) is 4.39 Å². The van der Waals surface area contributed by atoms with Crippen LogP contribution in [0.1, 0.15) is 28.1 Å². The highest BCUT2D eigenvalue weighted by atomic mass is 32.1. The Morgan fingerprint density at radius 3 is 2.61 bits per heavy atom. The molecule has 2 saturated heterocycles. The van der Waals surface area contributed by atoms with E-state index < -0.39 is 0 Å². The van der Waals surface area contributed by atoms with Crippen LogP contribution in [0.25, 0.3) is 10.1 Å². The number of likely N-dealkylation sites (tertiary alicyclic amines) is 1. The number of rotatable bonds is 1. The summed E-state index contributed by atoms with van der Waals surface area (Å²) in [5.41, 5.74) is 0.791. The molecule has 122 valence electrons. The summed E-state index contributed by atoms with van der Waals surface area (Å²) in [6.45, 7) is 5.67. The first-order valence-corrected chi connectivity index (χ1v) is 9.14. The van der Waals surface area contributed by atoms with Gasteiger partial charge >= 0.3 is 0 Å². The van der Waals surface area contributed by atoms with Gasteiger partial charge in [0.1, 0.15) is 5.82 Å². The highest BCUT2D eigenvalue weighted by Crippen LogP contribution is 2.34. The molecule has 0 aliphatic carbocycles. The lowest BCUT2D eigenvalue weighted by Crippen LogP contribution is -2.32. The maximum absolute atomic E-state index is 14.1. The fraction of sp³-hybridized carbons (Fsp3) is 0.500. The molecule has 0 unspecified atom stereocenters.